The fraction of sp³-hybridized carbons (Fsp3) is 0.625. The van der Waals surface area contributed by atoms with Gasteiger partial charge in [-0.1, -0.05) is 12.5 Å². The van der Waals surface area contributed by atoms with E-state index in [0.717, 1.165) is 24.1 Å². The lowest BCUT2D eigenvalue weighted by Crippen LogP contribution is -2.42. The van der Waals surface area contributed by atoms with Crippen molar-refractivity contribution in [2.45, 2.75) is 51.2 Å². The van der Waals surface area contributed by atoms with Crippen molar-refractivity contribution in [3.05, 3.63) is 35.1 Å². The Morgan fingerprint density at radius 2 is 2.00 bits per heavy atom. The van der Waals surface area contributed by atoms with Crippen molar-refractivity contribution in [3.63, 3.8) is 0 Å². The van der Waals surface area contributed by atoms with E-state index in [4.69, 9.17) is 5.73 Å². The molecule has 1 aromatic rings. The van der Waals surface area contributed by atoms with E-state index in [1.807, 2.05) is 6.07 Å². The molecule has 1 heterocycles. The highest BCUT2D eigenvalue weighted by Crippen LogP contribution is 2.37. The number of fused-ring (bicyclic) bond motifs is 1. The summed E-state index contributed by atoms with van der Waals surface area (Å²) < 4.78 is 13.3. The van der Waals surface area contributed by atoms with Gasteiger partial charge in [0.25, 0.3) is 0 Å². The molecular weight excluding hydrogens is 239 g/mol. The van der Waals surface area contributed by atoms with Crippen LogP contribution < -0.4 is 5.73 Å². The number of hydrogen-bond acceptors (Lipinski definition) is 2. The van der Waals surface area contributed by atoms with Crippen molar-refractivity contribution in [1.82, 2.24) is 4.90 Å². The van der Waals surface area contributed by atoms with Crippen LogP contribution in [0.15, 0.2) is 18.2 Å². The van der Waals surface area contributed by atoms with Crippen LogP contribution >= 0.6 is 0 Å². The summed E-state index contributed by atoms with van der Waals surface area (Å²) in [7, 11) is 0. The highest BCUT2D eigenvalue weighted by Gasteiger charge is 2.34. The standard InChI is InChI=1S/C16H23FN2/c17-15-7-6-13(14(9-15)10-18)11-19-8-2-4-12-3-1-5-16(12)19/h6-7,9,12,16H,1-5,8,10-11,18H2. The van der Waals surface area contributed by atoms with Gasteiger partial charge in [-0.25, -0.2) is 4.39 Å². The van der Waals surface area contributed by atoms with Crippen molar-refractivity contribution in [1.29, 1.82) is 0 Å². The van der Waals surface area contributed by atoms with Gasteiger partial charge in [0.05, 0.1) is 0 Å². The van der Waals surface area contributed by atoms with Crippen LogP contribution in [-0.2, 0) is 13.1 Å². The van der Waals surface area contributed by atoms with Crippen molar-refractivity contribution in [2.75, 3.05) is 6.54 Å². The van der Waals surface area contributed by atoms with E-state index in [0.29, 0.717) is 6.54 Å². The number of nitrogens with two attached hydrogens (primary N) is 1. The normalized spacial score (nSPS) is 27.5. The molecule has 1 saturated heterocycles. The Bertz CT molecular complexity index is 446. The molecule has 1 aliphatic heterocycles. The number of halogens is 1. The number of piperidine rings is 1. The lowest BCUT2D eigenvalue weighted by Gasteiger charge is -2.38. The van der Waals surface area contributed by atoms with E-state index in [1.165, 1.54) is 44.2 Å². The van der Waals surface area contributed by atoms with Crippen LogP contribution in [0.4, 0.5) is 4.39 Å². The van der Waals surface area contributed by atoms with Crippen LogP contribution in [0, 0.1) is 11.7 Å². The quantitative estimate of drug-likeness (QED) is 0.907. The zero-order valence-electron chi connectivity index (χ0n) is 11.4. The van der Waals surface area contributed by atoms with E-state index in [2.05, 4.69) is 4.90 Å². The molecule has 2 N–H and O–H groups in total. The number of nitrogens with zero attached hydrogens (tertiary/aromatic N) is 1. The Morgan fingerprint density at radius 3 is 2.84 bits per heavy atom. The third kappa shape index (κ3) is 2.67. The molecule has 2 unspecified atom stereocenters. The number of benzene rings is 1. The fourth-order valence-corrected chi connectivity index (χ4v) is 3.91. The van der Waals surface area contributed by atoms with Gasteiger partial charge in [0.15, 0.2) is 0 Å². The summed E-state index contributed by atoms with van der Waals surface area (Å²) in [5.41, 5.74) is 7.91. The number of hydrogen-bond donors (Lipinski definition) is 1. The van der Waals surface area contributed by atoms with E-state index < -0.39 is 0 Å². The predicted octanol–water partition coefficient (Wildman–Crippen LogP) is 3.05. The molecule has 2 fully saturated rings. The lowest BCUT2D eigenvalue weighted by molar-refractivity contribution is 0.105. The molecule has 0 radical (unpaired) electrons. The first-order valence-corrected chi connectivity index (χ1v) is 7.49. The average Bonchev–Trinajstić information content (AvgIpc) is 2.90. The minimum absolute atomic E-state index is 0.179. The highest BCUT2D eigenvalue weighted by molar-refractivity contribution is 5.28. The Hall–Kier alpha value is -0.930. The van der Waals surface area contributed by atoms with Gasteiger partial charge in [0, 0.05) is 19.1 Å². The van der Waals surface area contributed by atoms with Gasteiger partial charge in [-0.3, -0.25) is 4.90 Å². The first-order chi connectivity index (χ1) is 9.28. The Morgan fingerprint density at radius 1 is 1.16 bits per heavy atom. The first kappa shape index (κ1) is 13.1. The third-order valence-corrected chi connectivity index (χ3v) is 4.87. The summed E-state index contributed by atoms with van der Waals surface area (Å²) in [6, 6.07) is 5.82. The maximum absolute atomic E-state index is 13.3. The van der Waals surface area contributed by atoms with Crippen molar-refractivity contribution >= 4 is 0 Å². The molecule has 3 heteroatoms. The summed E-state index contributed by atoms with van der Waals surface area (Å²) in [6.45, 7) is 2.55. The Labute approximate surface area is 114 Å². The average molecular weight is 262 g/mol. The summed E-state index contributed by atoms with van der Waals surface area (Å²) in [5, 5.41) is 0. The minimum Gasteiger partial charge on any atom is -0.326 e. The van der Waals surface area contributed by atoms with Crippen molar-refractivity contribution in [2.24, 2.45) is 11.7 Å². The monoisotopic (exact) mass is 262 g/mol. The second-order valence-corrected chi connectivity index (χ2v) is 5.99. The molecule has 0 amide bonds. The zero-order chi connectivity index (χ0) is 13.2. The highest BCUT2D eigenvalue weighted by atomic mass is 19.1. The summed E-state index contributed by atoms with van der Waals surface area (Å²) in [4.78, 5) is 2.60. The van der Waals surface area contributed by atoms with Crippen LogP contribution in [0.2, 0.25) is 0 Å². The topological polar surface area (TPSA) is 29.3 Å². The summed E-state index contributed by atoms with van der Waals surface area (Å²) >= 11 is 0. The van der Waals surface area contributed by atoms with E-state index in [1.54, 1.807) is 12.1 Å². The van der Waals surface area contributed by atoms with E-state index in [9.17, 15) is 4.39 Å². The van der Waals surface area contributed by atoms with E-state index >= 15 is 0 Å². The summed E-state index contributed by atoms with van der Waals surface area (Å²) in [5.74, 6) is 0.720. The maximum Gasteiger partial charge on any atom is 0.123 e. The number of rotatable bonds is 3. The van der Waals surface area contributed by atoms with Gasteiger partial charge in [0.2, 0.25) is 0 Å². The molecule has 0 spiro atoms. The fourth-order valence-electron chi connectivity index (χ4n) is 3.91. The molecule has 0 bridgehead atoms. The zero-order valence-corrected chi connectivity index (χ0v) is 11.4. The van der Waals surface area contributed by atoms with E-state index in [-0.39, 0.29) is 5.82 Å². The second kappa shape index (κ2) is 5.59. The van der Waals surface area contributed by atoms with Crippen LogP contribution in [-0.4, -0.2) is 17.5 Å². The molecule has 1 saturated carbocycles. The number of likely N-dealkylation sites (tertiary alicyclic amines) is 1. The molecule has 2 nitrogen and oxygen atoms in total. The Balaban J connectivity index is 1.77. The van der Waals surface area contributed by atoms with Gasteiger partial charge in [-0.2, -0.15) is 0 Å². The SMILES string of the molecule is NCc1cc(F)ccc1CN1CCCC2CCCC21. The molecule has 3 rings (SSSR count). The van der Waals surface area contributed by atoms with Crippen LogP contribution in [0.3, 0.4) is 0 Å². The summed E-state index contributed by atoms with van der Waals surface area (Å²) in [6.07, 6.45) is 6.81. The van der Waals surface area contributed by atoms with Gasteiger partial charge in [0.1, 0.15) is 5.82 Å². The lowest BCUT2D eigenvalue weighted by atomic mass is 9.91. The largest absolute Gasteiger partial charge is 0.326 e. The Kier molecular flexibility index (Phi) is 3.85. The molecule has 2 aliphatic rings. The smallest absolute Gasteiger partial charge is 0.123 e. The van der Waals surface area contributed by atoms with Gasteiger partial charge >= 0.3 is 0 Å². The van der Waals surface area contributed by atoms with Gasteiger partial charge in [-0.05, 0) is 61.4 Å². The van der Waals surface area contributed by atoms with Gasteiger partial charge < -0.3 is 5.73 Å². The molecule has 104 valence electrons. The van der Waals surface area contributed by atoms with Crippen LogP contribution in [0.5, 0.6) is 0 Å². The first-order valence-electron chi connectivity index (χ1n) is 7.49. The minimum atomic E-state index is -0.179. The predicted molar refractivity (Wildman–Crippen MR) is 75.1 cm³/mol. The van der Waals surface area contributed by atoms with Crippen molar-refractivity contribution in [3.8, 4) is 0 Å². The third-order valence-electron chi connectivity index (χ3n) is 4.87. The maximum atomic E-state index is 13.3. The van der Waals surface area contributed by atoms with Crippen LogP contribution in [0.1, 0.15) is 43.2 Å². The van der Waals surface area contributed by atoms with Crippen LogP contribution in [0.25, 0.3) is 0 Å². The molecular formula is C16H23FN2. The molecule has 1 aromatic carbocycles. The molecule has 1 aliphatic carbocycles. The molecule has 19 heavy (non-hydrogen) atoms. The van der Waals surface area contributed by atoms with Crippen molar-refractivity contribution < 1.29 is 4.39 Å². The molecule has 0 aromatic heterocycles. The second-order valence-electron chi connectivity index (χ2n) is 5.99. The van der Waals surface area contributed by atoms with Gasteiger partial charge in [-0.15, -0.1) is 0 Å². The molecule has 2 atom stereocenters.